The molecule has 0 spiro atoms. The number of hydrogen-bond acceptors (Lipinski definition) is 4. The zero-order valence-corrected chi connectivity index (χ0v) is 12.6. The monoisotopic (exact) mass is 310 g/mol. The van der Waals surface area contributed by atoms with Crippen LogP contribution in [0.25, 0.3) is 0 Å². The molecule has 0 N–H and O–H groups in total. The van der Waals surface area contributed by atoms with Gasteiger partial charge in [-0.3, -0.25) is 15.0 Å². The van der Waals surface area contributed by atoms with Gasteiger partial charge in [-0.1, -0.05) is 30.5 Å². The molecule has 1 saturated heterocycles. The van der Waals surface area contributed by atoms with E-state index < -0.39 is 4.92 Å². The normalized spacial score (nSPS) is 26.3. The maximum absolute atomic E-state index is 11.0. The van der Waals surface area contributed by atoms with Crippen molar-refractivity contribution in [3.63, 3.8) is 0 Å². The highest BCUT2D eigenvalue weighted by molar-refractivity contribution is 6.32. The van der Waals surface area contributed by atoms with Gasteiger partial charge in [-0.05, 0) is 24.5 Å². The summed E-state index contributed by atoms with van der Waals surface area (Å²) in [4.78, 5) is 13.0. The van der Waals surface area contributed by atoms with Crippen molar-refractivity contribution in [1.29, 1.82) is 0 Å². The lowest BCUT2D eigenvalue weighted by Gasteiger charge is -2.43. The molecule has 2 aliphatic rings. The summed E-state index contributed by atoms with van der Waals surface area (Å²) in [5.41, 5.74) is 0.931. The summed E-state index contributed by atoms with van der Waals surface area (Å²) >= 11 is 5.87. The van der Waals surface area contributed by atoms with Crippen molar-refractivity contribution in [1.82, 2.24) is 4.90 Å². The molecule has 0 radical (unpaired) electrons. The lowest BCUT2D eigenvalue weighted by atomic mass is 9.90. The predicted molar refractivity (Wildman–Crippen MR) is 80.5 cm³/mol. The second kappa shape index (κ2) is 6.30. The van der Waals surface area contributed by atoms with Crippen LogP contribution in [0.4, 0.5) is 5.69 Å². The highest BCUT2D eigenvalue weighted by atomic mass is 35.5. The molecule has 2 fully saturated rings. The average molecular weight is 311 g/mol. The van der Waals surface area contributed by atoms with Gasteiger partial charge in [0.2, 0.25) is 0 Å². The number of ether oxygens (including phenoxy) is 1. The standard InChI is InChI=1S/C15H19ClN2O3/c16-12-6-5-11(9-14(12)18(19)20)10-17-7-8-21-15-4-2-1-3-13(15)17/h5-6,9,13,15H,1-4,7-8,10H2/t13-,15-/m0/s1. The van der Waals surface area contributed by atoms with E-state index in [-0.39, 0.29) is 10.7 Å². The van der Waals surface area contributed by atoms with Crippen LogP contribution in [0.15, 0.2) is 18.2 Å². The number of morpholine rings is 1. The van der Waals surface area contributed by atoms with Crippen molar-refractivity contribution in [2.24, 2.45) is 0 Å². The average Bonchev–Trinajstić information content (AvgIpc) is 2.49. The van der Waals surface area contributed by atoms with Gasteiger partial charge in [0.15, 0.2) is 0 Å². The van der Waals surface area contributed by atoms with E-state index in [1.165, 1.54) is 12.8 Å². The van der Waals surface area contributed by atoms with E-state index in [9.17, 15) is 10.1 Å². The Labute approximate surface area is 129 Å². The van der Waals surface area contributed by atoms with Gasteiger partial charge < -0.3 is 4.74 Å². The van der Waals surface area contributed by atoms with E-state index in [2.05, 4.69) is 4.90 Å². The first-order valence-corrected chi connectivity index (χ1v) is 7.81. The summed E-state index contributed by atoms with van der Waals surface area (Å²) in [6.45, 7) is 2.36. The van der Waals surface area contributed by atoms with Crippen molar-refractivity contribution >= 4 is 17.3 Å². The van der Waals surface area contributed by atoms with Gasteiger partial charge in [0.1, 0.15) is 5.02 Å². The number of nitro benzene ring substituents is 1. The second-order valence-electron chi connectivity index (χ2n) is 5.77. The van der Waals surface area contributed by atoms with Gasteiger partial charge >= 0.3 is 0 Å². The molecule has 1 saturated carbocycles. The van der Waals surface area contributed by atoms with Crippen LogP contribution in [-0.2, 0) is 11.3 Å². The van der Waals surface area contributed by atoms with Crippen LogP contribution in [0.2, 0.25) is 5.02 Å². The topological polar surface area (TPSA) is 55.6 Å². The number of benzene rings is 1. The van der Waals surface area contributed by atoms with E-state index in [0.717, 1.165) is 38.1 Å². The molecule has 1 aliphatic heterocycles. The first kappa shape index (κ1) is 14.8. The largest absolute Gasteiger partial charge is 0.375 e. The van der Waals surface area contributed by atoms with E-state index in [4.69, 9.17) is 16.3 Å². The van der Waals surface area contributed by atoms with Gasteiger partial charge in [-0.15, -0.1) is 0 Å². The third-order valence-electron chi connectivity index (χ3n) is 4.44. The Morgan fingerprint density at radius 3 is 3.00 bits per heavy atom. The highest BCUT2D eigenvalue weighted by Crippen LogP contribution is 2.31. The molecule has 1 heterocycles. The maximum atomic E-state index is 11.0. The van der Waals surface area contributed by atoms with Crippen molar-refractivity contribution in [3.8, 4) is 0 Å². The minimum absolute atomic E-state index is 0.0115. The number of fused-ring (bicyclic) bond motifs is 1. The summed E-state index contributed by atoms with van der Waals surface area (Å²) in [5.74, 6) is 0. The maximum Gasteiger partial charge on any atom is 0.288 e. The van der Waals surface area contributed by atoms with Crippen molar-refractivity contribution < 1.29 is 9.66 Å². The molecule has 3 rings (SSSR count). The van der Waals surface area contributed by atoms with Gasteiger partial charge in [-0.25, -0.2) is 0 Å². The summed E-state index contributed by atoms with van der Waals surface area (Å²) in [7, 11) is 0. The molecule has 1 aromatic carbocycles. The molecule has 5 nitrogen and oxygen atoms in total. The quantitative estimate of drug-likeness (QED) is 0.634. The first-order chi connectivity index (χ1) is 10.1. The van der Waals surface area contributed by atoms with Crippen molar-refractivity contribution in [2.45, 2.75) is 44.4 Å². The SMILES string of the molecule is O=[N+]([O-])c1cc(CN2CCO[C@H]3CCCC[C@@H]32)ccc1Cl. The molecule has 114 valence electrons. The summed E-state index contributed by atoms with van der Waals surface area (Å²) in [5, 5.41) is 11.2. The zero-order valence-electron chi connectivity index (χ0n) is 11.8. The molecular formula is C15H19ClN2O3. The molecule has 21 heavy (non-hydrogen) atoms. The van der Waals surface area contributed by atoms with Crippen molar-refractivity contribution in [2.75, 3.05) is 13.2 Å². The molecular weight excluding hydrogens is 292 g/mol. The van der Waals surface area contributed by atoms with Crippen LogP contribution in [0, 0.1) is 10.1 Å². The minimum atomic E-state index is -0.422. The van der Waals surface area contributed by atoms with Crippen LogP contribution < -0.4 is 0 Å². The van der Waals surface area contributed by atoms with Gasteiger partial charge in [-0.2, -0.15) is 0 Å². The van der Waals surface area contributed by atoms with Crippen LogP contribution in [0.1, 0.15) is 31.2 Å². The molecule has 0 unspecified atom stereocenters. The Balaban J connectivity index is 1.76. The second-order valence-corrected chi connectivity index (χ2v) is 6.18. The van der Waals surface area contributed by atoms with Crippen molar-refractivity contribution in [3.05, 3.63) is 38.9 Å². The highest BCUT2D eigenvalue weighted by Gasteiger charge is 2.34. The lowest BCUT2D eigenvalue weighted by molar-refractivity contribution is -0.384. The van der Waals surface area contributed by atoms with Gasteiger partial charge in [0.05, 0.1) is 17.6 Å². The van der Waals surface area contributed by atoms with E-state index in [1.54, 1.807) is 12.1 Å². The number of halogens is 1. The van der Waals surface area contributed by atoms with Crippen LogP contribution in [0.3, 0.4) is 0 Å². The fraction of sp³-hybridized carbons (Fsp3) is 0.600. The molecule has 0 amide bonds. The number of rotatable bonds is 3. The Morgan fingerprint density at radius 2 is 2.19 bits per heavy atom. The zero-order chi connectivity index (χ0) is 14.8. The van der Waals surface area contributed by atoms with E-state index in [0.29, 0.717) is 12.1 Å². The molecule has 6 heteroatoms. The molecule has 1 aliphatic carbocycles. The third kappa shape index (κ3) is 3.20. The minimum Gasteiger partial charge on any atom is -0.375 e. The third-order valence-corrected chi connectivity index (χ3v) is 4.76. The smallest absolute Gasteiger partial charge is 0.288 e. The van der Waals surface area contributed by atoms with Gasteiger partial charge in [0.25, 0.3) is 5.69 Å². The van der Waals surface area contributed by atoms with Gasteiger partial charge in [0, 0.05) is 25.2 Å². The van der Waals surface area contributed by atoms with Crippen LogP contribution >= 0.6 is 11.6 Å². The molecule has 1 aromatic rings. The van der Waals surface area contributed by atoms with E-state index in [1.807, 2.05) is 6.07 Å². The first-order valence-electron chi connectivity index (χ1n) is 7.43. The summed E-state index contributed by atoms with van der Waals surface area (Å²) in [6.07, 6.45) is 5.08. The fourth-order valence-corrected chi connectivity index (χ4v) is 3.59. The number of hydrogen-bond donors (Lipinski definition) is 0. The number of nitro groups is 1. The number of nitrogens with zero attached hydrogens (tertiary/aromatic N) is 2. The molecule has 0 aromatic heterocycles. The Morgan fingerprint density at radius 1 is 1.38 bits per heavy atom. The Hall–Kier alpha value is -1.17. The lowest BCUT2D eigenvalue weighted by Crippen LogP contribution is -2.52. The summed E-state index contributed by atoms with van der Waals surface area (Å²) < 4.78 is 5.86. The van der Waals surface area contributed by atoms with Crippen LogP contribution in [0.5, 0.6) is 0 Å². The summed E-state index contributed by atoms with van der Waals surface area (Å²) in [6, 6.07) is 5.54. The van der Waals surface area contributed by atoms with Crippen LogP contribution in [-0.4, -0.2) is 35.1 Å². The predicted octanol–water partition coefficient (Wildman–Crippen LogP) is 3.39. The van der Waals surface area contributed by atoms with E-state index >= 15 is 0 Å². The Kier molecular flexibility index (Phi) is 4.42. The fourth-order valence-electron chi connectivity index (χ4n) is 3.40. The molecule has 2 atom stereocenters. The molecule has 0 bridgehead atoms. The Bertz CT molecular complexity index is 536.